The summed E-state index contributed by atoms with van der Waals surface area (Å²) < 4.78 is 55.4. The van der Waals surface area contributed by atoms with Gasteiger partial charge in [-0.1, -0.05) is 13.8 Å². The highest BCUT2D eigenvalue weighted by Crippen LogP contribution is 2.20. The number of rotatable bonds is 6. The van der Waals surface area contributed by atoms with Crippen LogP contribution < -0.4 is 0 Å². The molecule has 0 aromatic heterocycles. The van der Waals surface area contributed by atoms with Crippen molar-refractivity contribution in [3.63, 3.8) is 0 Å². The molecular formula is C10H20F4O2. The van der Waals surface area contributed by atoms with Crippen LogP contribution in [0.2, 0.25) is 0 Å². The molecule has 0 saturated heterocycles. The molecule has 0 spiro atoms. The summed E-state index contributed by atoms with van der Waals surface area (Å²) in [6.07, 6.45) is -5.31. The van der Waals surface area contributed by atoms with E-state index in [1.807, 2.05) is 0 Å². The molecule has 0 bridgehead atoms. The van der Waals surface area contributed by atoms with Crippen LogP contribution in [0.5, 0.6) is 0 Å². The number of ether oxygens (including phenoxy) is 2. The van der Waals surface area contributed by atoms with E-state index >= 15 is 0 Å². The maximum atomic E-state index is 11.9. The average Bonchev–Trinajstić information content (AvgIpc) is 2.19. The fraction of sp³-hybridized carbons (Fsp3) is 1.00. The van der Waals surface area contributed by atoms with Crippen molar-refractivity contribution in [2.24, 2.45) is 0 Å². The molecule has 0 heterocycles. The molecule has 2 nitrogen and oxygen atoms in total. The average molecular weight is 248 g/mol. The smallest absolute Gasteiger partial charge is 0.324 e. The van der Waals surface area contributed by atoms with Gasteiger partial charge in [0.25, 0.3) is 0 Å². The molecule has 0 aromatic carbocycles. The van der Waals surface area contributed by atoms with Gasteiger partial charge in [-0.2, -0.15) is 17.6 Å². The largest absolute Gasteiger partial charge is 0.355 e. The van der Waals surface area contributed by atoms with Crippen LogP contribution in [0.3, 0.4) is 0 Å². The lowest BCUT2D eigenvalue weighted by Crippen LogP contribution is -2.17. The van der Waals surface area contributed by atoms with E-state index < -0.39 is 12.2 Å². The van der Waals surface area contributed by atoms with Crippen LogP contribution in [0.1, 0.15) is 39.5 Å². The van der Waals surface area contributed by atoms with Crippen LogP contribution in [0.4, 0.5) is 17.6 Å². The van der Waals surface area contributed by atoms with Crippen molar-refractivity contribution in [2.45, 2.75) is 51.7 Å². The molecule has 0 aromatic rings. The van der Waals surface area contributed by atoms with Gasteiger partial charge >= 0.3 is 12.2 Å². The van der Waals surface area contributed by atoms with E-state index in [0.717, 1.165) is 14.2 Å². The summed E-state index contributed by atoms with van der Waals surface area (Å²) in [4.78, 5) is 0. The van der Waals surface area contributed by atoms with E-state index in [9.17, 15) is 17.6 Å². The summed E-state index contributed by atoms with van der Waals surface area (Å²) >= 11 is 0. The summed E-state index contributed by atoms with van der Waals surface area (Å²) in [5.74, 6) is 0. The van der Waals surface area contributed by atoms with Gasteiger partial charge in [0.15, 0.2) is 0 Å². The molecule has 0 rings (SSSR count). The Morgan fingerprint density at radius 1 is 0.750 bits per heavy atom. The third kappa shape index (κ3) is 11.7. The lowest BCUT2D eigenvalue weighted by molar-refractivity contribution is -0.225. The van der Waals surface area contributed by atoms with E-state index in [1.54, 1.807) is 13.8 Å². The van der Waals surface area contributed by atoms with E-state index in [0.29, 0.717) is 12.8 Å². The molecule has 0 radical (unpaired) electrons. The lowest BCUT2D eigenvalue weighted by atomic mass is 10.3. The summed E-state index contributed by atoms with van der Waals surface area (Å²) in [7, 11) is 2.02. The zero-order valence-corrected chi connectivity index (χ0v) is 10.2. The van der Waals surface area contributed by atoms with Crippen LogP contribution >= 0.6 is 0 Å². The molecule has 0 amide bonds. The first-order chi connectivity index (χ1) is 7.24. The SMILES string of the molecule is CCCC(F)(F)OC.CCCC(F)(F)OC. The van der Waals surface area contributed by atoms with Gasteiger partial charge in [-0.3, -0.25) is 0 Å². The van der Waals surface area contributed by atoms with E-state index in [4.69, 9.17) is 0 Å². The van der Waals surface area contributed by atoms with Crippen molar-refractivity contribution in [3.8, 4) is 0 Å². The van der Waals surface area contributed by atoms with Gasteiger partial charge in [0, 0.05) is 27.1 Å². The first kappa shape index (κ1) is 18.0. The topological polar surface area (TPSA) is 18.5 Å². The maximum Gasteiger partial charge on any atom is 0.355 e. The highest BCUT2D eigenvalue weighted by molar-refractivity contribution is 4.48. The highest BCUT2D eigenvalue weighted by Gasteiger charge is 2.26. The number of methoxy groups -OCH3 is 2. The van der Waals surface area contributed by atoms with Crippen LogP contribution in [0.25, 0.3) is 0 Å². The van der Waals surface area contributed by atoms with Gasteiger partial charge in [0.1, 0.15) is 0 Å². The summed E-state index contributed by atoms with van der Waals surface area (Å²) in [5, 5.41) is 0. The fourth-order valence-corrected chi connectivity index (χ4v) is 0.786. The van der Waals surface area contributed by atoms with Crippen molar-refractivity contribution in [2.75, 3.05) is 14.2 Å². The van der Waals surface area contributed by atoms with Crippen molar-refractivity contribution in [1.29, 1.82) is 0 Å². The van der Waals surface area contributed by atoms with Crippen LogP contribution in [-0.4, -0.2) is 26.4 Å². The first-order valence-corrected chi connectivity index (χ1v) is 5.10. The van der Waals surface area contributed by atoms with Gasteiger partial charge in [-0.05, 0) is 12.8 Å². The van der Waals surface area contributed by atoms with Gasteiger partial charge < -0.3 is 9.47 Å². The highest BCUT2D eigenvalue weighted by atomic mass is 19.3. The molecule has 16 heavy (non-hydrogen) atoms. The Bertz CT molecular complexity index is 145. The molecule has 0 atom stereocenters. The number of halogens is 4. The standard InChI is InChI=1S/2C5H10F2O/c2*1-3-4-5(6,7)8-2/h2*3-4H2,1-2H3. The second kappa shape index (κ2) is 8.75. The van der Waals surface area contributed by atoms with E-state index in [-0.39, 0.29) is 12.8 Å². The Morgan fingerprint density at radius 2 is 1.00 bits per heavy atom. The van der Waals surface area contributed by atoms with Crippen molar-refractivity contribution in [3.05, 3.63) is 0 Å². The number of hydrogen-bond donors (Lipinski definition) is 0. The van der Waals surface area contributed by atoms with Crippen LogP contribution in [-0.2, 0) is 9.47 Å². The Labute approximate surface area is 93.9 Å². The molecule has 0 aliphatic rings. The third-order valence-electron chi connectivity index (χ3n) is 1.68. The van der Waals surface area contributed by atoms with Crippen molar-refractivity contribution < 1.29 is 27.0 Å². The molecular weight excluding hydrogens is 228 g/mol. The fourth-order valence-electron chi connectivity index (χ4n) is 0.786. The minimum absolute atomic E-state index is 0.191. The summed E-state index contributed by atoms with van der Waals surface area (Å²) in [6, 6.07) is 0. The van der Waals surface area contributed by atoms with E-state index in [2.05, 4.69) is 9.47 Å². The normalized spacial score (nSPS) is 12.0. The third-order valence-corrected chi connectivity index (χ3v) is 1.68. The minimum Gasteiger partial charge on any atom is -0.324 e. The Balaban J connectivity index is 0. The van der Waals surface area contributed by atoms with Crippen LogP contribution in [0, 0.1) is 0 Å². The van der Waals surface area contributed by atoms with Gasteiger partial charge in [-0.25, -0.2) is 0 Å². The Kier molecular flexibility index (Phi) is 9.86. The lowest BCUT2D eigenvalue weighted by Gasteiger charge is -2.10. The Morgan fingerprint density at radius 3 is 1.06 bits per heavy atom. The molecule has 0 fully saturated rings. The quantitative estimate of drug-likeness (QED) is 0.660. The summed E-state index contributed by atoms with van der Waals surface area (Å²) in [5.41, 5.74) is 0. The zero-order valence-electron chi connectivity index (χ0n) is 10.2. The molecule has 0 aliphatic carbocycles. The maximum absolute atomic E-state index is 11.9. The van der Waals surface area contributed by atoms with Gasteiger partial charge in [0.05, 0.1) is 0 Å². The second-order valence-electron chi connectivity index (χ2n) is 3.18. The molecule has 0 aliphatic heterocycles. The molecule has 0 unspecified atom stereocenters. The molecule has 0 N–H and O–H groups in total. The Hall–Kier alpha value is -0.360. The first-order valence-electron chi connectivity index (χ1n) is 5.10. The monoisotopic (exact) mass is 248 g/mol. The summed E-state index contributed by atoms with van der Waals surface area (Å²) in [6.45, 7) is 3.37. The predicted octanol–water partition coefficient (Wildman–Crippen LogP) is 4.05. The second-order valence-corrected chi connectivity index (χ2v) is 3.18. The minimum atomic E-state index is -2.91. The van der Waals surface area contributed by atoms with Gasteiger partial charge in [0.2, 0.25) is 0 Å². The van der Waals surface area contributed by atoms with Crippen molar-refractivity contribution in [1.82, 2.24) is 0 Å². The van der Waals surface area contributed by atoms with Gasteiger partial charge in [-0.15, -0.1) is 0 Å². The van der Waals surface area contributed by atoms with Crippen LogP contribution in [0.15, 0.2) is 0 Å². The number of hydrogen-bond acceptors (Lipinski definition) is 2. The molecule has 0 saturated carbocycles. The predicted molar refractivity (Wildman–Crippen MR) is 53.7 cm³/mol. The van der Waals surface area contributed by atoms with E-state index in [1.165, 1.54) is 0 Å². The zero-order chi connectivity index (χ0) is 13.2. The molecule has 100 valence electrons. The molecule has 6 heteroatoms. The number of alkyl halides is 4. The van der Waals surface area contributed by atoms with Crippen molar-refractivity contribution >= 4 is 0 Å².